The maximum Gasteiger partial charge on any atom is 0.417 e. The third-order valence-corrected chi connectivity index (χ3v) is 9.53. The number of carbonyl (C=O) groups excluding carboxylic acids is 1. The monoisotopic (exact) mass is 627 g/mol. The molecule has 0 radical (unpaired) electrons. The van der Waals surface area contributed by atoms with E-state index in [0.29, 0.717) is 32.2 Å². The molecule has 1 saturated heterocycles. The van der Waals surface area contributed by atoms with Crippen LogP contribution in [0.15, 0.2) is 114 Å². The predicted molar refractivity (Wildman–Crippen MR) is 160 cm³/mol. The van der Waals surface area contributed by atoms with Crippen molar-refractivity contribution in [1.29, 1.82) is 0 Å². The molecule has 6 nitrogen and oxygen atoms in total. The van der Waals surface area contributed by atoms with Gasteiger partial charge in [0.1, 0.15) is 6.54 Å². The minimum atomic E-state index is -4.82. The molecule has 0 aliphatic carbocycles. The highest BCUT2D eigenvalue weighted by atomic mass is 35.5. The van der Waals surface area contributed by atoms with Crippen LogP contribution < -0.4 is 4.31 Å². The van der Waals surface area contributed by atoms with Crippen LogP contribution in [0.1, 0.15) is 22.7 Å². The fraction of sp³-hybridized carbons (Fsp3) is 0.219. The van der Waals surface area contributed by atoms with E-state index < -0.39 is 39.2 Å². The van der Waals surface area contributed by atoms with Gasteiger partial charge in [-0.25, -0.2) is 8.42 Å². The number of piperazine rings is 1. The zero-order valence-electron chi connectivity index (χ0n) is 23.0. The number of halogens is 4. The number of nitrogens with zero attached hydrogens (tertiary/aromatic N) is 3. The minimum absolute atomic E-state index is 0.0375. The van der Waals surface area contributed by atoms with E-state index in [-0.39, 0.29) is 16.6 Å². The Morgan fingerprint density at radius 2 is 1.30 bits per heavy atom. The van der Waals surface area contributed by atoms with E-state index in [4.69, 9.17) is 11.6 Å². The highest BCUT2D eigenvalue weighted by molar-refractivity contribution is 7.92. The zero-order valence-corrected chi connectivity index (χ0v) is 24.6. The summed E-state index contributed by atoms with van der Waals surface area (Å²) >= 11 is 5.80. The van der Waals surface area contributed by atoms with Crippen molar-refractivity contribution in [2.45, 2.75) is 17.1 Å². The van der Waals surface area contributed by atoms with Crippen LogP contribution in [-0.2, 0) is 21.0 Å². The van der Waals surface area contributed by atoms with Crippen molar-refractivity contribution < 1.29 is 26.4 Å². The summed E-state index contributed by atoms with van der Waals surface area (Å²) in [6.45, 7) is 1.01. The van der Waals surface area contributed by atoms with Crippen molar-refractivity contribution in [3.05, 3.63) is 131 Å². The lowest BCUT2D eigenvalue weighted by Crippen LogP contribution is -2.52. The predicted octanol–water partition coefficient (Wildman–Crippen LogP) is 6.49. The number of alkyl halides is 3. The number of hydrogen-bond acceptors (Lipinski definition) is 4. The van der Waals surface area contributed by atoms with Crippen LogP contribution in [-0.4, -0.2) is 56.8 Å². The second-order valence-electron chi connectivity index (χ2n) is 10.1. The van der Waals surface area contributed by atoms with E-state index in [1.165, 1.54) is 30.3 Å². The van der Waals surface area contributed by atoms with Crippen LogP contribution in [0.3, 0.4) is 0 Å². The Morgan fingerprint density at radius 1 is 0.791 bits per heavy atom. The zero-order chi connectivity index (χ0) is 30.6. The first-order valence-corrected chi connectivity index (χ1v) is 15.4. The molecule has 0 spiro atoms. The number of amides is 1. The number of rotatable bonds is 8. The molecule has 1 aliphatic rings. The van der Waals surface area contributed by atoms with Gasteiger partial charge < -0.3 is 4.90 Å². The molecule has 1 heterocycles. The molecule has 224 valence electrons. The van der Waals surface area contributed by atoms with Gasteiger partial charge in [-0.15, -0.1) is 0 Å². The Labute approximate surface area is 254 Å². The van der Waals surface area contributed by atoms with Crippen LogP contribution in [0.25, 0.3) is 0 Å². The van der Waals surface area contributed by atoms with E-state index in [1.807, 2.05) is 36.4 Å². The third kappa shape index (κ3) is 6.87. The summed E-state index contributed by atoms with van der Waals surface area (Å²) in [4.78, 5) is 17.2. The molecule has 4 aromatic carbocycles. The van der Waals surface area contributed by atoms with Crippen LogP contribution in [0, 0.1) is 0 Å². The Kier molecular flexibility index (Phi) is 9.10. The average Bonchev–Trinajstić information content (AvgIpc) is 3.01. The van der Waals surface area contributed by atoms with E-state index in [1.54, 1.807) is 11.0 Å². The van der Waals surface area contributed by atoms with Crippen LogP contribution >= 0.6 is 11.6 Å². The summed E-state index contributed by atoms with van der Waals surface area (Å²) in [7, 11) is -4.39. The second kappa shape index (κ2) is 12.8. The summed E-state index contributed by atoms with van der Waals surface area (Å²) in [6.07, 6.45) is -4.82. The maximum absolute atomic E-state index is 13.7. The first-order chi connectivity index (χ1) is 20.6. The van der Waals surface area contributed by atoms with E-state index in [2.05, 4.69) is 29.2 Å². The van der Waals surface area contributed by atoms with E-state index >= 15 is 0 Å². The van der Waals surface area contributed by atoms with E-state index in [0.717, 1.165) is 21.5 Å². The second-order valence-corrected chi connectivity index (χ2v) is 12.4. The van der Waals surface area contributed by atoms with Crippen molar-refractivity contribution in [3.63, 3.8) is 0 Å². The average molecular weight is 628 g/mol. The van der Waals surface area contributed by atoms with Crippen molar-refractivity contribution >= 4 is 33.2 Å². The SMILES string of the molecule is O=C(CN(c1ccc(Cl)c(C(F)(F)F)c1)S(=O)(=O)c1ccccc1)N1CCN(C(c2ccccc2)c2ccccc2)CC1. The van der Waals surface area contributed by atoms with Gasteiger partial charge in [0.2, 0.25) is 5.91 Å². The van der Waals surface area contributed by atoms with Gasteiger partial charge in [-0.1, -0.05) is 90.5 Å². The topological polar surface area (TPSA) is 60.9 Å². The van der Waals surface area contributed by atoms with Gasteiger partial charge >= 0.3 is 6.18 Å². The lowest BCUT2D eigenvalue weighted by Gasteiger charge is -2.40. The van der Waals surface area contributed by atoms with Gasteiger partial charge in [0.25, 0.3) is 10.0 Å². The molecule has 0 aromatic heterocycles. The van der Waals surface area contributed by atoms with Gasteiger partial charge in [0.05, 0.1) is 27.2 Å². The molecule has 0 bridgehead atoms. The van der Waals surface area contributed by atoms with Gasteiger partial charge in [-0.3, -0.25) is 14.0 Å². The first-order valence-electron chi connectivity index (χ1n) is 13.6. The molecule has 1 amide bonds. The quantitative estimate of drug-likeness (QED) is 0.224. The molecule has 0 saturated carbocycles. The molecule has 4 aromatic rings. The standard InChI is InChI=1S/C32H29ClF3N3O3S/c33-29-17-16-26(22-28(29)32(34,35)36)39(43(41,42)27-14-8-3-9-15-27)23-30(40)37-18-20-38(21-19-37)31(24-10-4-1-5-11-24)25-12-6-2-7-13-25/h1-17,22,31H,18-21,23H2. The first kappa shape index (κ1) is 30.6. The van der Waals surface area contributed by atoms with Gasteiger partial charge in [-0.2, -0.15) is 13.2 Å². The fourth-order valence-corrected chi connectivity index (χ4v) is 6.91. The highest BCUT2D eigenvalue weighted by Gasteiger charge is 2.36. The van der Waals surface area contributed by atoms with Crippen molar-refractivity contribution in [1.82, 2.24) is 9.80 Å². The number of sulfonamides is 1. The van der Waals surface area contributed by atoms with E-state index in [9.17, 15) is 26.4 Å². The molecule has 43 heavy (non-hydrogen) atoms. The van der Waals surface area contributed by atoms with Crippen LogP contribution in [0.2, 0.25) is 5.02 Å². The summed E-state index contributed by atoms with van der Waals surface area (Å²) < 4.78 is 69.1. The number of benzene rings is 4. The molecule has 0 unspecified atom stereocenters. The Bertz CT molecular complexity index is 1610. The van der Waals surface area contributed by atoms with Crippen molar-refractivity contribution in [2.75, 3.05) is 37.0 Å². The lowest BCUT2D eigenvalue weighted by molar-refractivity contribution is -0.137. The minimum Gasteiger partial charge on any atom is -0.339 e. The number of anilines is 1. The summed E-state index contributed by atoms with van der Waals surface area (Å²) in [5.41, 5.74) is 0.725. The summed E-state index contributed by atoms with van der Waals surface area (Å²) in [5, 5.41) is -0.567. The smallest absolute Gasteiger partial charge is 0.339 e. The molecule has 5 rings (SSSR count). The molecule has 0 N–H and O–H groups in total. The molecule has 1 aliphatic heterocycles. The normalized spacial score (nSPS) is 14.6. The van der Waals surface area contributed by atoms with Crippen molar-refractivity contribution in [3.8, 4) is 0 Å². The fourth-order valence-electron chi connectivity index (χ4n) is 5.26. The van der Waals surface area contributed by atoms with Crippen LogP contribution in [0.5, 0.6) is 0 Å². The summed E-state index contributed by atoms with van der Waals surface area (Å²) in [5.74, 6) is -0.515. The van der Waals surface area contributed by atoms with Crippen LogP contribution in [0.4, 0.5) is 18.9 Å². The highest BCUT2D eigenvalue weighted by Crippen LogP contribution is 2.38. The maximum atomic E-state index is 13.7. The lowest BCUT2D eigenvalue weighted by atomic mass is 9.96. The molecule has 1 fully saturated rings. The largest absolute Gasteiger partial charge is 0.417 e. The summed E-state index contributed by atoms with van der Waals surface area (Å²) in [6, 6.07) is 30.1. The number of carbonyl (C=O) groups is 1. The van der Waals surface area contributed by atoms with Crippen molar-refractivity contribution in [2.24, 2.45) is 0 Å². The van der Waals surface area contributed by atoms with Gasteiger partial charge in [0.15, 0.2) is 0 Å². The van der Waals surface area contributed by atoms with Gasteiger partial charge in [0, 0.05) is 26.2 Å². The third-order valence-electron chi connectivity index (χ3n) is 7.42. The molecular weight excluding hydrogens is 599 g/mol. The Hall–Kier alpha value is -3.86. The number of hydrogen-bond donors (Lipinski definition) is 0. The van der Waals surface area contributed by atoms with Gasteiger partial charge in [-0.05, 0) is 41.5 Å². The Balaban J connectivity index is 1.39. The Morgan fingerprint density at radius 3 is 1.81 bits per heavy atom. The molecule has 0 atom stereocenters. The molecule has 11 heteroatoms. The molecular formula is C32H29ClF3N3O3S.